The molecular weight excluding hydrogens is 220 g/mol. The van der Waals surface area contributed by atoms with Crippen LogP contribution in [0.2, 0.25) is 0 Å². The van der Waals surface area contributed by atoms with Crippen molar-refractivity contribution in [3.63, 3.8) is 0 Å². The second kappa shape index (κ2) is 4.45. The van der Waals surface area contributed by atoms with Gasteiger partial charge < -0.3 is 14.6 Å². The van der Waals surface area contributed by atoms with Crippen LogP contribution in [0.5, 0.6) is 5.75 Å². The number of nitrogens with zero attached hydrogens (tertiary/aromatic N) is 1. The number of aromatic nitrogens is 1. The fraction of sp³-hybridized carbons (Fsp3) is 0.333. The van der Waals surface area contributed by atoms with Crippen molar-refractivity contribution in [1.29, 1.82) is 0 Å². The van der Waals surface area contributed by atoms with Gasteiger partial charge in [-0.05, 0) is 12.5 Å². The Morgan fingerprint density at radius 2 is 2.29 bits per heavy atom. The standard InChI is InChI=1S/C12H14N2O3/c1-4-9-8-5-10(13-7(2)15)12(16-3)6-11(8)17-14-9/h5-6H,4H2,1-3H3,(H,13,15). The van der Waals surface area contributed by atoms with Gasteiger partial charge in [0.2, 0.25) is 5.91 Å². The van der Waals surface area contributed by atoms with Crippen LogP contribution in [0.4, 0.5) is 5.69 Å². The molecule has 2 aromatic rings. The van der Waals surface area contributed by atoms with Gasteiger partial charge in [0.05, 0.1) is 18.5 Å². The maximum absolute atomic E-state index is 11.1. The average Bonchev–Trinajstić information content (AvgIpc) is 2.69. The molecule has 0 spiro atoms. The van der Waals surface area contributed by atoms with Gasteiger partial charge in [0.15, 0.2) is 5.58 Å². The lowest BCUT2D eigenvalue weighted by molar-refractivity contribution is -0.114. The van der Waals surface area contributed by atoms with Gasteiger partial charge >= 0.3 is 0 Å². The van der Waals surface area contributed by atoms with Crippen molar-refractivity contribution in [2.75, 3.05) is 12.4 Å². The zero-order chi connectivity index (χ0) is 12.4. The largest absolute Gasteiger partial charge is 0.494 e. The van der Waals surface area contributed by atoms with Gasteiger partial charge in [-0.1, -0.05) is 12.1 Å². The number of carbonyl (C=O) groups is 1. The Bertz CT molecular complexity index is 560. The molecule has 1 amide bonds. The highest BCUT2D eigenvalue weighted by Crippen LogP contribution is 2.32. The van der Waals surface area contributed by atoms with E-state index in [1.165, 1.54) is 6.92 Å². The van der Waals surface area contributed by atoms with Gasteiger partial charge in [-0.2, -0.15) is 0 Å². The monoisotopic (exact) mass is 234 g/mol. The number of rotatable bonds is 3. The molecule has 0 bridgehead atoms. The highest BCUT2D eigenvalue weighted by molar-refractivity contribution is 5.95. The Hall–Kier alpha value is -2.04. The van der Waals surface area contributed by atoms with E-state index in [9.17, 15) is 4.79 Å². The molecule has 0 fully saturated rings. The van der Waals surface area contributed by atoms with Gasteiger partial charge in [0.1, 0.15) is 5.75 Å². The van der Waals surface area contributed by atoms with Crippen LogP contribution in [0.15, 0.2) is 16.7 Å². The van der Waals surface area contributed by atoms with Crippen LogP contribution < -0.4 is 10.1 Å². The lowest BCUT2D eigenvalue weighted by Crippen LogP contribution is -2.07. The van der Waals surface area contributed by atoms with Gasteiger partial charge in [-0.15, -0.1) is 0 Å². The minimum absolute atomic E-state index is 0.142. The third-order valence-corrected chi connectivity index (χ3v) is 2.51. The minimum Gasteiger partial charge on any atom is -0.494 e. The lowest BCUT2D eigenvalue weighted by atomic mass is 10.1. The maximum Gasteiger partial charge on any atom is 0.221 e. The second-order valence-corrected chi connectivity index (χ2v) is 3.71. The number of amides is 1. The average molecular weight is 234 g/mol. The summed E-state index contributed by atoms with van der Waals surface area (Å²) in [5.74, 6) is 0.420. The summed E-state index contributed by atoms with van der Waals surface area (Å²) in [6.07, 6.45) is 0.777. The number of ether oxygens (including phenoxy) is 1. The SMILES string of the molecule is CCc1noc2cc(OC)c(NC(C)=O)cc12. The van der Waals surface area contributed by atoms with E-state index in [1.807, 2.05) is 13.0 Å². The Morgan fingerprint density at radius 1 is 1.53 bits per heavy atom. The van der Waals surface area contributed by atoms with Crippen molar-refractivity contribution in [3.8, 4) is 5.75 Å². The van der Waals surface area contributed by atoms with Crippen molar-refractivity contribution < 1.29 is 14.1 Å². The summed E-state index contributed by atoms with van der Waals surface area (Å²) in [5, 5.41) is 7.59. The minimum atomic E-state index is -0.142. The molecule has 0 aliphatic heterocycles. The van der Waals surface area contributed by atoms with E-state index in [1.54, 1.807) is 13.2 Å². The first-order valence-electron chi connectivity index (χ1n) is 5.39. The zero-order valence-corrected chi connectivity index (χ0v) is 10.0. The predicted octanol–water partition coefficient (Wildman–Crippen LogP) is 2.36. The normalized spacial score (nSPS) is 10.5. The van der Waals surface area contributed by atoms with E-state index < -0.39 is 0 Å². The summed E-state index contributed by atoms with van der Waals surface area (Å²) in [4.78, 5) is 11.1. The number of carbonyl (C=O) groups excluding carboxylic acids is 1. The van der Waals surface area contributed by atoms with Crippen molar-refractivity contribution in [2.24, 2.45) is 0 Å². The highest BCUT2D eigenvalue weighted by Gasteiger charge is 2.12. The highest BCUT2D eigenvalue weighted by atomic mass is 16.5. The zero-order valence-electron chi connectivity index (χ0n) is 10.0. The Balaban J connectivity index is 2.59. The molecule has 0 saturated heterocycles. The van der Waals surface area contributed by atoms with Crippen molar-refractivity contribution in [2.45, 2.75) is 20.3 Å². The summed E-state index contributed by atoms with van der Waals surface area (Å²) in [7, 11) is 1.55. The fourth-order valence-corrected chi connectivity index (χ4v) is 1.73. The van der Waals surface area contributed by atoms with Gasteiger partial charge in [0.25, 0.3) is 0 Å². The first kappa shape index (κ1) is 11.4. The molecule has 1 heterocycles. The van der Waals surface area contributed by atoms with E-state index in [4.69, 9.17) is 9.26 Å². The summed E-state index contributed by atoms with van der Waals surface area (Å²) >= 11 is 0. The molecule has 0 atom stereocenters. The molecule has 2 rings (SSSR count). The molecule has 0 aliphatic rings. The number of aryl methyl sites for hydroxylation is 1. The molecule has 1 N–H and O–H groups in total. The molecule has 0 unspecified atom stereocenters. The molecule has 90 valence electrons. The summed E-state index contributed by atoms with van der Waals surface area (Å²) in [6, 6.07) is 3.55. The van der Waals surface area contributed by atoms with Gasteiger partial charge in [-0.3, -0.25) is 4.79 Å². The number of fused-ring (bicyclic) bond motifs is 1. The van der Waals surface area contributed by atoms with Crippen LogP contribution in [0.25, 0.3) is 11.0 Å². The molecule has 1 aromatic carbocycles. The summed E-state index contributed by atoms with van der Waals surface area (Å²) < 4.78 is 10.4. The molecule has 1 aromatic heterocycles. The Labute approximate surface area is 98.7 Å². The third-order valence-electron chi connectivity index (χ3n) is 2.51. The van der Waals surface area contributed by atoms with Crippen LogP contribution in [0.3, 0.4) is 0 Å². The lowest BCUT2D eigenvalue weighted by Gasteiger charge is -2.08. The molecule has 5 heteroatoms. The Kier molecular flexibility index (Phi) is 2.99. The molecule has 0 aliphatic carbocycles. The van der Waals surface area contributed by atoms with Crippen LogP contribution in [-0.4, -0.2) is 18.2 Å². The van der Waals surface area contributed by atoms with Crippen LogP contribution in [-0.2, 0) is 11.2 Å². The summed E-state index contributed by atoms with van der Waals surface area (Å²) in [5.41, 5.74) is 2.16. The molecule has 0 saturated carbocycles. The first-order chi connectivity index (χ1) is 8.15. The molecule has 0 radical (unpaired) electrons. The topological polar surface area (TPSA) is 64.4 Å². The van der Waals surface area contributed by atoms with E-state index >= 15 is 0 Å². The van der Waals surface area contributed by atoms with E-state index in [0.29, 0.717) is 17.0 Å². The number of anilines is 1. The predicted molar refractivity (Wildman–Crippen MR) is 64.2 cm³/mol. The van der Waals surface area contributed by atoms with E-state index in [0.717, 1.165) is 17.5 Å². The van der Waals surface area contributed by atoms with Gasteiger partial charge in [-0.25, -0.2) is 0 Å². The number of benzene rings is 1. The fourth-order valence-electron chi connectivity index (χ4n) is 1.73. The Morgan fingerprint density at radius 3 is 2.88 bits per heavy atom. The van der Waals surface area contributed by atoms with Crippen molar-refractivity contribution in [3.05, 3.63) is 17.8 Å². The molecular formula is C12H14N2O3. The van der Waals surface area contributed by atoms with Crippen LogP contribution >= 0.6 is 0 Å². The van der Waals surface area contributed by atoms with Crippen molar-refractivity contribution >= 4 is 22.6 Å². The second-order valence-electron chi connectivity index (χ2n) is 3.71. The smallest absolute Gasteiger partial charge is 0.221 e. The van der Waals surface area contributed by atoms with E-state index in [2.05, 4.69) is 10.5 Å². The first-order valence-corrected chi connectivity index (χ1v) is 5.39. The number of methoxy groups -OCH3 is 1. The summed E-state index contributed by atoms with van der Waals surface area (Å²) in [6.45, 7) is 3.46. The van der Waals surface area contributed by atoms with E-state index in [-0.39, 0.29) is 5.91 Å². The quantitative estimate of drug-likeness (QED) is 0.885. The molecule has 5 nitrogen and oxygen atoms in total. The van der Waals surface area contributed by atoms with Gasteiger partial charge in [0, 0.05) is 18.4 Å². The van der Waals surface area contributed by atoms with Crippen molar-refractivity contribution in [1.82, 2.24) is 5.16 Å². The number of hydrogen-bond donors (Lipinski definition) is 1. The third kappa shape index (κ3) is 2.08. The molecule has 17 heavy (non-hydrogen) atoms. The van der Waals surface area contributed by atoms with Crippen LogP contribution in [0, 0.1) is 0 Å². The maximum atomic E-state index is 11.1. The number of hydrogen-bond acceptors (Lipinski definition) is 4. The number of nitrogens with one attached hydrogen (secondary N) is 1. The van der Waals surface area contributed by atoms with Crippen LogP contribution in [0.1, 0.15) is 19.5 Å².